The second-order valence-corrected chi connectivity index (χ2v) is 6.55. The average molecular weight is 285 g/mol. The smallest absolute Gasteiger partial charge is 0.319 e. The summed E-state index contributed by atoms with van der Waals surface area (Å²) < 4.78 is 4.98. The summed E-state index contributed by atoms with van der Waals surface area (Å²) in [6.45, 7) is 8.35. The standard InChI is InChI=1S/C14H23NO5/c1-13(2,3)15-10(17)9(14(4,5)12(15)19)11(18)20-8-6-7-16/h9,16H,6-8H2,1-5H3. The summed E-state index contributed by atoms with van der Waals surface area (Å²) in [5.74, 6) is -2.69. The van der Waals surface area contributed by atoms with Crippen LogP contribution in [0.15, 0.2) is 0 Å². The first-order valence-electron chi connectivity index (χ1n) is 6.71. The lowest BCUT2D eigenvalue weighted by atomic mass is 9.81. The molecule has 6 nitrogen and oxygen atoms in total. The number of esters is 1. The van der Waals surface area contributed by atoms with Gasteiger partial charge in [-0.05, 0) is 34.6 Å². The molecule has 1 saturated heterocycles. The molecule has 114 valence electrons. The van der Waals surface area contributed by atoms with Gasteiger partial charge in [-0.3, -0.25) is 19.3 Å². The van der Waals surface area contributed by atoms with Gasteiger partial charge in [-0.25, -0.2) is 0 Å². The van der Waals surface area contributed by atoms with Crippen LogP contribution in [0.2, 0.25) is 0 Å². The summed E-state index contributed by atoms with van der Waals surface area (Å²) in [6, 6.07) is 0. The van der Waals surface area contributed by atoms with Gasteiger partial charge in [-0.2, -0.15) is 0 Å². The van der Waals surface area contributed by atoms with Crippen molar-refractivity contribution in [2.24, 2.45) is 11.3 Å². The number of likely N-dealkylation sites (tertiary alicyclic amines) is 1. The number of hydrogen-bond donors (Lipinski definition) is 1. The first-order chi connectivity index (χ1) is 9.05. The van der Waals surface area contributed by atoms with Gasteiger partial charge in [-0.1, -0.05) is 0 Å². The minimum Gasteiger partial charge on any atom is -0.465 e. The third kappa shape index (κ3) is 2.85. The van der Waals surface area contributed by atoms with Crippen LogP contribution >= 0.6 is 0 Å². The van der Waals surface area contributed by atoms with E-state index < -0.39 is 28.7 Å². The second kappa shape index (κ2) is 5.52. The highest BCUT2D eigenvalue weighted by atomic mass is 16.5. The fraction of sp³-hybridized carbons (Fsp3) is 0.786. The highest BCUT2D eigenvalue weighted by Crippen LogP contribution is 2.41. The quantitative estimate of drug-likeness (QED) is 0.356. The molecule has 0 saturated carbocycles. The SMILES string of the molecule is CC1(C)C(=O)N(C(C)(C)C)C(=O)C1C(=O)OCCCO. The van der Waals surface area contributed by atoms with E-state index in [0.717, 1.165) is 4.90 Å². The minimum atomic E-state index is -1.12. The van der Waals surface area contributed by atoms with Crippen molar-refractivity contribution >= 4 is 17.8 Å². The van der Waals surface area contributed by atoms with E-state index in [1.807, 2.05) is 0 Å². The molecule has 0 spiro atoms. The molecule has 0 aromatic rings. The van der Waals surface area contributed by atoms with Crippen molar-refractivity contribution in [1.82, 2.24) is 4.90 Å². The molecule has 1 aliphatic rings. The van der Waals surface area contributed by atoms with E-state index in [-0.39, 0.29) is 19.1 Å². The van der Waals surface area contributed by atoms with Crippen molar-refractivity contribution < 1.29 is 24.2 Å². The van der Waals surface area contributed by atoms with Crippen LogP contribution in [-0.4, -0.2) is 46.5 Å². The van der Waals surface area contributed by atoms with Gasteiger partial charge < -0.3 is 9.84 Å². The molecule has 1 heterocycles. The number of aliphatic hydroxyl groups excluding tert-OH is 1. The lowest BCUT2D eigenvalue weighted by Crippen LogP contribution is -2.46. The zero-order valence-electron chi connectivity index (χ0n) is 12.7. The van der Waals surface area contributed by atoms with E-state index in [2.05, 4.69) is 0 Å². The molecule has 1 fully saturated rings. The zero-order chi connectivity index (χ0) is 15.7. The van der Waals surface area contributed by atoms with Crippen molar-refractivity contribution in [3.63, 3.8) is 0 Å². The van der Waals surface area contributed by atoms with E-state index >= 15 is 0 Å². The van der Waals surface area contributed by atoms with Gasteiger partial charge in [0.05, 0.1) is 12.0 Å². The second-order valence-electron chi connectivity index (χ2n) is 6.55. The number of aliphatic hydroxyl groups is 1. The molecule has 1 unspecified atom stereocenters. The molecule has 0 bridgehead atoms. The minimum absolute atomic E-state index is 0.0406. The van der Waals surface area contributed by atoms with Crippen LogP contribution in [0, 0.1) is 11.3 Å². The Morgan fingerprint density at radius 1 is 1.35 bits per heavy atom. The molecule has 2 amide bonds. The predicted octanol–water partition coefficient (Wildman–Crippen LogP) is 0.722. The summed E-state index contributed by atoms with van der Waals surface area (Å²) in [7, 11) is 0. The van der Waals surface area contributed by atoms with Gasteiger partial charge in [0.1, 0.15) is 5.92 Å². The Hall–Kier alpha value is -1.43. The third-order valence-corrected chi connectivity index (χ3v) is 3.40. The van der Waals surface area contributed by atoms with E-state index in [1.165, 1.54) is 0 Å². The Kier molecular flexibility index (Phi) is 4.59. The van der Waals surface area contributed by atoms with Gasteiger partial charge >= 0.3 is 5.97 Å². The Balaban J connectivity index is 2.99. The van der Waals surface area contributed by atoms with Crippen LogP contribution in [0.4, 0.5) is 0 Å². The van der Waals surface area contributed by atoms with E-state index in [0.29, 0.717) is 6.42 Å². The Labute approximate surface area is 119 Å². The lowest BCUT2D eigenvalue weighted by molar-refractivity contribution is -0.156. The van der Waals surface area contributed by atoms with Crippen LogP contribution in [0.5, 0.6) is 0 Å². The van der Waals surface area contributed by atoms with Crippen LogP contribution < -0.4 is 0 Å². The van der Waals surface area contributed by atoms with E-state index in [1.54, 1.807) is 34.6 Å². The number of rotatable bonds is 4. The topological polar surface area (TPSA) is 83.9 Å². The molecule has 1 atom stereocenters. The van der Waals surface area contributed by atoms with Gasteiger partial charge in [0.25, 0.3) is 0 Å². The fourth-order valence-corrected chi connectivity index (χ4v) is 2.30. The maximum atomic E-state index is 12.4. The highest BCUT2D eigenvalue weighted by molar-refractivity contribution is 6.15. The maximum Gasteiger partial charge on any atom is 0.319 e. The van der Waals surface area contributed by atoms with Crippen molar-refractivity contribution in [2.45, 2.75) is 46.6 Å². The van der Waals surface area contributed by atoms with Crippen LogP contribution in [-0.2, 0) is 19.1 Å². The molecule has 0 aromatic heterocycles. The van der Waals surface area contributed by atoms with Crippen molar-refractivity contribution in [3.05, 3.63) is 0 Å². The predicted molar refractivity (Wildman–Crippen MR) is 71.5 cm³/mol. The largest absolute Gasteiger partial charge is 0.465 e. The number of carbonyl (C=O) groups excluding carboxylic acids is 3. The average Bonchev–Trinajstić information content (AvgIpc) is 2.44. The number of ether oxygens (including phenoxy) is 1. The van der Waals surface area contributed by atoms with E-state index in [9.17, 15) is 14.4 Å². The number of nitrogens with zero attached hydrogens (tertiary/aromatic N) is 1. The van der Waals surface area contributed by atoms with Gasteiger partial charge in [-0.15, -0.1) is 0 Å². The van der Waals surface area contributed by atoms with Crippen molar-refractivity contribution in [3.8, 4) is 0 Å². The molecule has 1 N–H and O–H groups in total. The van der Waals surface area contributed by atoms with Crippen molar-refractivity contribution in [2.75, 3.05) is 13.2 Å². The molecule has 6 heteroatoms. The summed E-state index contributed by atoms with van der Waals surface area (Å²) in [5, 5.41) is 8.67. The van der Waals surface area contributed by atoms with Crippen LogP contribution in [0.1, 0.15) is 41.0 Å². The van der Waals surface area contributed by atoms with Gasteiger partial charge in [0.15, 0.2) is 0 Å². The Bertz CT molecular complexity index is 422. The highest BCUT2D eigenvalue weighted by Gasteiger charge is 2.60. The van der Waals surface area contributed by atoms with Crippen LogP contribution in [0.25, 0.3) is 0 Å². The molecule has 0 aromatic carbocycles. The summed E-state index contributed by atoms with van der Waals surface area (Å²) in [6.07, 6.45) is 0.310. The first-order valence-corrected chi connectivity index (χ1v) is 6.71. The van der Waals surface area contributed by atoms with E-state index in [4.69, 9.17) is 9.84 Å². The molecule has 1 aliphatic heterocycles. The van der Waals surface area contributed by atoms with Gasteiger partial charge in [0.2, 0.25) is 11.8 Å². The molecule has 0 aliphatic carbocycles. The zero-order valence-corrected chi connectivity index (χ0v) is 12.7. The third-order valence-electron chi connectivity index (χ3n) is 3.40. The number of carbonyl (C=O) groups is 3. The Morgan fingerprint density at radius 2 is 1.90 bits per heavy atom. The van der Waals surface area contributed by atoms with Crippen LogP contribution in [0.3, 0.4) is 0 Å². The first kappa shape index (κ1) is 16.6. The summed E-state index contributed by atoms with van der Waals surface area (Å²) >= 11 is 0. The van der Waals surface area contributed by atoms with Crippen molar-refractivity contribution in [1.29, 1.82) is 0 Å². The molecular formula is C14H23NO5. The fourth-order valence-electron chi connectivity index (χ4n) is 2.30. The number of hydrogen-bond acceptors (Lipinski definition) is 5. The molecular weight excluding hydrogens is 262 g/mol. The Morgan fingerprint density at radius 3 is 2.30 bits per heavy atom. The normalized spacial score (nSPS) is 22.3. The summed E-state index contributed by atoms with van der Waals surface area (Å²) in [4.78, 5) is 38.0. The van der Waals surface area contributed by atoms with Gasteiger partial charge in [0, 0.05) is 18.6 Å². The number of amides is 2. The number of imide groups is 1. The maximum absolute atomic E-state index is 12.4. The molecule has 1 rings (SSSR count). The lowest BCUT2D eigenvalue weighted by Gasteiger charge is -2.30. The molecule has 20 heavy (non-hydrogen) atoms. The molecule has 0 radical (unpaired) electrons. The monoisotopic (exact) mass is 285 g/mol. The summed E-state index contributed by atoms with van der Waals surface area (Å²) in [5.41, 5.74) is -1.79.